The van der Waals surface area contributed by atoms with E-state index in [0.717, 1.165) is 43.1 Å². The predicted octanol–water partition coefficient (Wildman–Crippen LogP) is 2.73. The van der Waals surface area contributed by atoms with Crippen LogP contribution in [0.15, 0.2) is 34.2 Å². The van der Waals surface area contributed by atoms with E-state index in [-0.39, 0.29) is 48.3 Å². The number of aliphatic imine (C=N–C) groups is 1. The number of hydrogen-bond acceptors (Lipinski definition) is 4. The van der Waals surface area contributed by atoms with Crippen LogP contribution in [0.2, 0.25) is 0 Å². The summed E-state index contributed by atoms with van der Waals surface area (Å²) < 4.78 is 18.5. The van der Waals surface area contributed by atoms with Gasteiger partial charge in [-0.05, 0) is 49.3 Å². The molecule has 2 rings (SSSR count). The Bertz CT molecular complexity index is 610. The average molecular weight is 524 g/mol. The zero-order valence-corrected chi connectivity index (χ0v) is 19.6. The maximum absolute atomic E-state index is 12.9. The van der Waals surface area contributed by atoms with Crippen LogP contribution < -0.4 is 10.6 Å². The van der Waals surface area contributed by atoms with Crippen molar-refractivity contribution in [2.45, 2.75) is 30.3 Å². The van der Waals surface area contributed by atoms with Crippen LogP contribution in [0, 0.1) is 5.82 Å². The zero-order chi connectivity index (χ0) is 19.5. The number of carbonyl (C=O) groups excluding carboxylic acids is 1. The molecule has 1 amide bonds. The van der Waals surface area contributed by atoms with Crippen LogP contribution in [0.3, 0.4) is 0 Å². The number of carbonyl (C=O) groups is 1. The molecule has 1 aromatic carbocycles. The molecule has 158 valence electrons. The van der Waals surface area contributed by atoms with E-state index in [1.165, 1.54) is 17.0 Å². The van der Waals surface area contributed by atoms with Gasteiger partial charge in [0.2, 0.25) is 5.91 Å². The van der Waals surface area contributed by atoms with Gasteiger partial charge in [-0.15, -0.1) is 35.7 Å². The number of hydrogen-bond donors (Lipinski definition) is 2. The summed E-state index contributed by atoms with van der Waals surface area (Å²) in [5.41, 5.74) is 0. The lowest BCUT2D eigenvalue weighted by Crippen LogP contribution is -2.42. The summed E-state index contributed by atoms with van der Waals surface area (Å²) in [5.74, 6) is 1.29. The first-order valence-electron chi connectivity index (χ1n) is 9.27. The van der Waals surface area contributed by atoms with Gasteiger partial charge in [-0.1, -0.05) is 0 Å². The number of halogens is 2. The average Bonchev–Trinajstić information content (AvgIpc) is 3.17. The number of amides is 1. The number of nitrogens with zero attached hydrogens (tertiary/aromatic N) is 2. The third-order valence-corrected chi connectivity index (χ3v) is 5.19. The third-order valence-electron chi connectivity index (χ3n) is 4.09. The lowest BCUT2D eigenvalue weighted by atomic mass is 10.2. The van der Waals surface area contributed by atoms with Gasteiger partial charge < -0.3 is 20.3 Å². The number of likely N-dealkylation sites (N-methyl/N-ethyl adjacent to an activating group) is 1. The molecule has 1 heterocycles. The molecule has 1 aliphatic heterocycles. The van der Waals surface area contributed by atoms with Gasteiger partial charge in [-0.25, -0.2) is 9.38 Å². The summed E-state index contributed by atoms with van der Waals surface area (Å²) in [5, 5.41) is 6.54. The van der Waals surface area contributed by atoms with E-state index in [9.17, 15) is 9.18 Å². The highest BCUT2D eigenvalue weighted by atomic mass is 127. The molecule has 2 N–H and O–H groups in total. The molecular formula is C19H30FIN4O2S. The monoisotopic (exact) mass is 524 g/mol. The molecule has 1 aliphatic rings. The minimum atomic E-state index is -0.216. The Morgan fingerprint density at radius 1 is 1.32 bits per heavy atom. The molecule has 0 bridgehead atoms. The number of ether oxygens (including phenoxy) is 1. The van der Waals surface area contributed by atoms with Crippen molar-refractivity contribution in [1.29, 1.82) is 0 Å². The number of guanidine groups is 1. The molecule has 1 unspecified atom stereocenters. The molecule has 1 saturated heterocycles. The Hall–Kier alpha value is -1.07. The van der Waals surface area contributed by atoms with Crippen LogP contribution in [0.5, 0.6) is 0 Å². The lowest BCUT2D eigenvalue weighted by molar-refractivity contribution is -0.127. The summed E-state index contributed by atoms with van der Waals surface area (Å²) in [6.45, 7) is 2.35. The van der Waals surface area contributed by atoms with Gasteiger partial charge in [0.15, 0.2) is 5.96 Å². The van der Waals surface area contributed by atoms with Crippen molar-refractivity contribution in [2.75, 3.05) is 46.1 Å². The molecule has 9 heteroatoms. The SMILES string of the molecule is CN(C)C(=O)CN=C(NCCCSc1ccc(F)cc1)NCC1CCCO1.I. The van der Waals surface area contributed by atoms with Crippen molar-refractivity contribution < 1.29 is 13.9 Å². The fourth-order valence-electron chi connectivity index (χ4n) is 2.48. The van der Waals surface area contributed by atoms with Gasteiger partial charge in [0.1, 0.15) is 12.4 Å². The van der Waals surface area contributed by atoms with E-state index in [1.54, 1.807) is 38.0 Å². The van der Waals surface area contributed by atoms with Crippen LogP contribution in [0.25, 0.3) is 0 Å². The summed E-state index contributed by atoms with van der Waals surface area (Å²) >= 11 is 1.69. The second-order valence-corrected chi connectivity index (χ2v) is 7.72. The molecule has 1 fully saturated rings. The van der Waals surface area contributed by atoms with Crippen LogP contribution in [0.1, 0.15) is 19.3 Å². The first-order valence-corrected chi connectivity index (χ1v) is 10.3. The van der Waals surface area contributed by atoms with Gasteiger partial charge in [0.05, 0.1) is 6.10 Å². The van der Waals surface area contributed by atoms with Crippen LogP contribution >= 0.6 is 35.7 Å². The van der Waals surface area contributed by atoms with Crippen molar-refractivity contribution in [1.82, 2.24) is 15.5 Å². The smallest absolute Gasteiger partial charge is 0.243 e. The van der Waals surface area contributed by atoms with Crippen molar-refractivity contribution >= 4 is 47.6 Å². The number of thioether (sulfide) groups is 1. The molecule has 1 aromatic rings. The fourth-order valence-corrected chi connectivity index (χ4v) is 3.33. The Kier molecular flexibility index (Phi) is 12.5. The van der Waals surface area contributed by atoms with Gasteiger partial charge in [-0.2, -0.15) is 0 Å². The second-order valence-electron chi connectivity index (χ2n) is 6.55. The van der Waals surface area contributed by atoms with Crippen molar-refractivity contribution in [3.63, 3.8) is 0 Å². The van der Waals surface area contributed by atoms with Crippen molar-refractivity contribution in [2.24, 2.45) is 4.99 Å². The van der Waals surface area contributed by atoms with Crippen molar-refractivity contribution in [3.05, 3.63) is 30.1 Å². The third kappa shape index (κ3) is 9.92. The normalized spacial score (nSPS) is 16.4. The highest BCUT2D eigenvalue weighted by Crippen LogP contribution is 2.18. The van der Waals surface area contributed by atoms with Crippen LogP contribution in [0.4, 0.5) is 4.39 Å². The quantitative estimate of drug-likeness (QED) is 0.171. The minimum absolute atomic E-state index is 0. The van der Waals surface area contributed by atoms with Crippen LogP contribution in [-0.2, 0) is 9.53 Å². The van der Waals surface area contributed by atoms with Gasteiger partial charge in [-0.3, -0.25) is 4.79 Å². The largest absolute Gasteiger partial charge is 0.376 e. The number of nitrogens with one attached hydrogen (secondary N) is 2. The van der Waals surface area contributed by atoms with E-state index in [2.05, 4.69) is 15.6 Å². The summed E-state index contributed by atoms with van der Waals surface area (Å²) in [6, 6.07) is 6.52. The van der Waals surface area contributed by atoms with Gasteiger partial charge >= 0.3 is 0 Å². The molecule has 6 nitrogen and oxygen atoms in total. The zero-order valence-electron chi connectivity index (χ0n) is 16.4. The Morgan fingerprint density at radius 2 is 2.07 bits per heavy atom. The summed E-state index contributed by atoms with van der Waals surface area (Å²) in [7, 11) is 3.44. The molecule has 0 aliphatic carbocycles. The number of benzene rings is 1. The van der Waals surface area contributed by atoms with E-state index in [1.807, 2.05) is 0 Å². The van der Waals surface area contributed by atoms with E-state index in [0.29, 0.717) is 12.5 Å². The highest BCUT2D eigenvalue weighted by molar-refractivity contribution is 14.0. The molecule has 0 radical (unpaired) electrons. The number of rotatable bonds is 9. The summed E-state index contributed by atoms with van der Waals surface area (Å²) in [4.78, 5) is 18.7. The Morgan fingerprint density at radius 3 is 2.71 bits per heavy atom. The maximum atomic E-state index is 12.9. The Balaban J connectivity index is 0.00000392. The molecular weight excluding hydrogens is 494 g/mol. The lowest BCUT2D eigenvalue weighted by Gasteiger charge is -2.16. The topological polar surface area (TPSA) is 66.0 Å². The molecule has 0 spiro atoms. The van der Waals surface area contributed by atoms with Crippen LogP contribution in [-0.4, -0.2) is 69.0 Å². The molecule has 1 atom stereocenters. The predicted molar refractivity (Wildman–Crippen MR) is 123 cm³/mol. The van der Waals surface area contributed by atoms with E-state index >= 15 is 0 Å². The molecule has 28 heavy (non-hydrogen) atoms. The summed E-state index contributed by atoms with van der Waals surface area (Å²) in [6.07, 6.45) is 3.26. The van der Waals surface area contributed by atoms with Gasteiger partial charge in [0, 0.05) is 38.7 Å². The van der Waals surface area contributed by atoms with E-state index in [4.69, 9.17) is 4.74 Å². The first-order chi connectivity index (χ1) is 13.0. The standard InChI is InChI=1S/C19H29FN4O2S.HI/c1-24(2)18(25)14-23-19(22-13-16-5-3-11-26-16)21-10-4-12-27-17-8-6-15(20)7-9-17;/h6-9,16H,3-5,10-14H2,1-2H3,(H2,21,22,23);1H. The highest BCUT2D eigenvalue weighted by Gasteiger charge is 2.15. The van der Waals surface area contributed by atoms with Gasteiger partial charge in [0.25, 0.3) is 0 Å². The molecule has 0 saturated carbocycles. The Labute approximate surface area is 188 Å². The molecule has 0 aromatic heterocycles. The fraction of sp³-hybridized carbons (Fsp3) is 0.579. The van der Waals surface area contributed by atoms with Crippen molar-refractivity contribution in [3.8, 4) is 0 Å². The first kappa shape index (κ1) is 25.0. The van der Waals surface area contributed by atoms with E-state index < -0.39 is 0 Å². The second kappa shape index (κ2) is 14.0. The maximum Gasteiger partial charge on any atom is 0.243 e. The minimum Gasteiger partial charge on any atom is -0.376 e.